The third-order valence-electron chi connectivity index (χ3n) is 7.11. The van der Waals surface area contributed by atoms with Crippen LogP contribution in [0.4, 0.5) is 19.0 Å². The van der Waals surface area contributed by atoms with Crippen molar-refractivity contribution < 1.29 is 27.9 Å². The Bertz CT molecular complexity index is 1470. The topological polar surface area (TPSA) is 106 Å². The lowest BCUT2D eigenvalue weighted by Crippen LogP contribution is -2.44. The zero-order valence-corrected chi connectivity index (χ0v) is 21.3. The van der Waals surface area contributed by atoms with Crippen LogP contribution in [0.2, 0.25) is 0 Å². The maximum absolute atomic E-state index is 13.5. The van der Waals surface area contributed by atoms with Crippen LogP contribution in [-0.4, -0.2) is 53.6 Å². The average Bonchev–Trinajstić information content (AvgIpc) is 3.53. The number of amides is 1. The number of rotatable bonds is 6. The molecule has 12 heteroatoms. The summed E-state index contributed by atoms with van der Waals surface area (Å²) in [6.07, 6.45) is 0.469. The van der Waals surface area contributed by atoms with Gasteiger partial charge in [0, 0.05) is 42.2 Å². The molecule has 39 heavy (non-hydrogen) atoms. The molecular weight excluding hydrogens is 513 g/mol. The Morgan fingerprint density at radius 2 is 1.77 bits per heavy atom. The first kappa shape index (κ1) is 26.4. The minimum absolute atomic E-state index is 0.0315. The zero-order valence-electron chi connectivity index (χ0n) is 21.3. The molecule has 1 aliphatic carbocycles. The molecule has 204 valence electrons. The van der Waals surface area contributed by atoms with Gasteiger partial charge in [0.15, 0.2) is 11.5 Å². The van der Waals surface area contributed by atoms with Crippen molar-refractivity contribution in [2.45, 2.75) is 51.7 Å². The fourth-order valence-corrected chi connectivity index (χ4v) is 5.05. The number of carbonyl (C=O) groups excluding carboxylic acids is 1. The summed E-state index contributed by atoms with van der Waals surface area (Å²) in [5.41, 5.74) is 2.63. The minimum atomic E-state index is -4.28. The third kappa shape index (κ3) is 5.23. The first-order chi connectivity index (χ1) is 18.5. The van der Waals surface area contributed by atoms with Gasteiger partial charge in [-0.05, 0) is 57.7 Å². The number of benzene rings is 1. The van der Waals surface area contributed by atoms with Gasteiger partial charge in [-0.1, -0.05) is 12.1 Å². The molecule has 0 spiro atoms. The van der Waals surface area contributed by atoms with Gasteiger partial charge in [0.2, 0.25) is 5.91 Å². The van der Waals surface area contributed by atoms with Crippen molar-refractivity contribution in [1.29, 1.82) is 0 Å². The molecule has 0 aliphatic heterocycles. The molecule has 0 radical (unpaired) electrons. The summed E-state index contributed by atoms with van der Waals surface area (Å²) >= 11 is 0. The molecular formula is C27H27F3N6O3. The van der Waals surface area contributed by atoms with Gasteiger partial charge in [-0.2, -0.15) is 18.3 Å². The third-order valence-corrected chi connectivity index (χ3v) is 7.11. The Balaban J connectivity index is 1.42. The highest BCUT2D eigenvalue weighted by atomic mass is 19.4. The van der Waals surface area contributed by atoms with Gasteiger partial charge >= 0.3 is 12.1 Å². The van der Waals surface area contributed by atoms with Gasteiger partial charge in [-0.15, -0.1) is 5.10 Å². The van der Waals surface area contributed by atoms with Crippen LogP contribution in [0.15, 0.2) is 55.0 Å². The second-order valence-corrected chi connectivity index (χ2v) is 10.0. The first-order valence-electron chi connectivity index (χ1n) is 12.7. The summed E-state index contributed by atoms with van der Waals surface area (Å²) in [5, 5.41) is 18.9. The number of carboxylic acids is 1. The predicted octanol–water partition coefficient (Wildman–Crippen LogP) is 5.39. The molecule has 3 heterocycles. The smallest absolute Gasteiger partial charge is 0.391 e. The number of halogens is 3. The lowest BCUT2D eigenvalue weighted by molar-refractivity contribution is -0.184. The lowest BCUT2D eigenvalue weighted by atomic mass is 9.81. The molecule has 1 amide bonds. The van der Waals surface area contributed by atoms with E-state index in [4.69, 9.17) is 0 Å². The van der Waals surface area contributed by atoms with E-state index in [9.17, 15) is 27.9 Å². The second-order valence-electron chi connectivity index (χ2n) is 10.0. The second kappa shape index (κ2) is 10.2. The SMILES string of the molecule is CC(C)N(C(=O)C1CCC(C(F)(F)F)CC1)c1nn(-c2ccc(-c3cc4ncccn4n3)cc2)cc1C(=O)O. The van der Waals surface area contributed by atoms with Gasteiger partial charge in [-0.25, -0.2) is 19.0 Å². The van der Waals surface area contributed by atoms with Crippen molar-refractivity contribution in [2.75, 3.05) is 4.90 Å². The minimum Gasteiger partial charge on any atom is -0.477 e. The summed E-state index contributed by atoms with van der Waals surface area (Å²) in [7, 11) is 0. The maximum atomic E-state index is 13.5. The van der Waals surface area contributed by atoms with Crippen LogP contribution in [0.1, 0.15) is 49.9 Å². The highest BCUT2D eigenvalue weighted by Crippen LogP contribution is 2.40. The Labute approximate surface area is 221 Å². The molecule has 1 aliphatic rings. The molecule has 3 aromatic heterocycles. The number of aromatic nitrogens is 5. The molecule has 9 nitrogen and oxygen atoms in total. The van der Waals surface area contributed by atoms with Crippen molar-refractivity contribution in [3.8, 4) is 16.9 Å². The number of carbonyl (C=O) groups is 2. The molecule has 1 saturated carbocycles. The Kier molecular flexibility index (Phi) is 6.87. The van der Waals surface area contributed by atoms with Crippen molar-refractivity contribution >= 4 is 23.3 Å². The lowest BCUT2D eigenvalue weighted by Gasteiger charge is -2.34. The molecule has 1 N–H and O–H groups in total. The average molecular weight is 541 g/mol. The number of aromatic carboxylic acids is 1. The van der Waals surface area contributed by atoms with Crippen molar-refractivity contribution in [2.24, 2.45) is 11.8 Å². The summed E-state index contributed by atoms with van der Waals surface area (Å²) < 4.78 is 42.4. The van der Waals surface area contributed by atoms with Crippen LogP contribution in [0.25, 0.3) is 22.6 Å². The van der Waals surface area contributed by atoms with Crippen molar-refractivity contribution in [3.05, 3.63) is 60.6 Å². The summed E-state index contributed by atoms with van der Waals surface area (Å²) in [6.45, 7) is 3.45. The van der Waals surface area contributed by atoms with Crippen LogP contribution in [0, 0.1) is 11.8 Å². The highest BCUT2D eigenvalue weighted by molar-refractivity contribution is 6.01. The molecule has 4 aromatic rings. The quantitative estimate of drug-likeness (QED) is 0.352. The standard InChI is InChI=1S/C27H27F3N6O3/c1-16(2)36(25(37)18-4-8-19(9-5-18)27(28,29)30)24-21(26(38)39)15-35(33-24)20-10-6-17(7-11-20)22-14-23-31-12-3-13-34(23)32-22/h3,6-7,10-16,18-19H,4-5,8-9H2,1-2H3,(H,38,39). The number of carboxylic acid groups (broad SMARTS) is 1. The fourth-order valence-electron chi connectivity index (χ4n) is 5.05. The zero-order chi connectivity index (χ0) is 27.9. The molecule has 1 aromatic carbocycles. The summed E-state index contributed by atoms with van der Waals surface area (Å²) in [4.78, 5) is 31.2. The van der Waals surface area contributed by atoms with E-state index >= 15 is 0 Å². The number of hydrogen-bond acceptors (Lipinski definition) is 5. The first-order valence-corrected chi connectivity index (χ1v) is 12.7. The van der Waals surface area contributed by atoms with Crippen LogP contribution >= 0.6 is 0 Å². The number of alkyl halides is 3. The van der Waals surface area contributed by atoms with E-state index in [0.717, 1.165) is 5.56 Å². The van der Waals surface area contributed by atoms with Gasteiger partial charge < -0.3 is 5.11 Å². The summed E-state index contributed by atoms with van der Waals surface area (Å²) in [5.74, 6) is -3.74. The number of fused-ring (bicyclic) bond motifs is 1. The molecule has 0 bridgehead atoms. The van der Waals surface area contributed by atoms with Crippen LogP contribution in [0.5, 0.6) is 0 Å². The Morgan fingerprint density at radius 3 is 2.36 bits per heavy atom. The van der Waals surface area contributed by atoms with E-state index in [1.54, 1.807) is 49.0 Å². The fraction of sp³-hybridized carbons (Fsp3) is 0.370. The van der Waals surface area contributed by atoms with Crippen LogP contribution < -0.4 is 4.90 Å². The molecule has 0 saturated heterocycles. The van der Waals surface area contributed by atoms with Crippen molar-refractivity contribution in [1.82, 2.24) is 24.4 Å². The van der Waals surface area contributed by atoms with E-state index in [-0.39, 0.29) is 37.1 Å². The monoisotopic (exact) mass is 540 g/mol. The van der Waals surface area contributed by atoms with E-state index < -0.39 is 35.9 Å². The predicted molar refractivity (Wildman–Crippen MR) is 137 cm³/mol. The van der Waals surface area contributed by atoms with E-state index in [1.807, 2.05) is 18.2 Å². The maximum Gasteiger partial charge on any atom is 0.391 e. The number of nitrogens with zero attached hydrogens (tertiary/aromatic N) is 6. The molecule has 0 atom stereocenters. The van der Waals surface area contributed by atoms with E-state index in [0.29, 0.717) is 17.0 Å². The summed E-state index contributed by atoms with van der Waals surface area (Å²) in [6, 6.07) is 10.3. The highest BCUT2D eigenvalue weighted by Gasteiger charge is 2.43. The van der Waals surface area contributed by atoms with Gasteiger partial charge in [-0.3, -0.25) is 9.69 Å². The van der Waals surface area contributed by atoms with Crippen LogP contribution in [-0.2, 0) is 4.79 Å². The van der Waals surface area contributed by atoms with Gasteiger partial charge in [0.1, 0.15) is 5.56 Å². The van der Waals surface area contributed by atoms with Gasteiger partial charge in [0.05, 0.1) is 17.3 Å². The number of hydrogen-bond donors (Lipinski definition) is 1. The Hall–Kier alpha value is -4.22. The van der Waals surface area contributed by atoms with E-state index in [1.165, 1.54) is 15.8 Å². The molecule has 5 rings (SSSR count). The molecule has 1 fully saturated rings. The van der Waals surface area contributed by atoms with Gasteiger partial charge in [0.25, 0.3) is 0 Å². The number of anilines is 1. The largest absolute Gasteiger partial charge is 0.477 e. The normalized spacial score (nSPS) is 18.0. The van der Waals surface area contributed by atoms with E-state index in [2.05, 4.69) is 15.2 Å². The molecule has 0 unspecified atom stereocenters. The Morgan fingerprint density at radius 1 is 1.08 bits per heavy atom. The van der Waals surface area contributed by atoms with Crippen molar-refractivity contribution in [3.63, 3.8) is 0 Å². The van der Waals surface area contributed by atoms with Crippen LogP contribution in [0.3, 0.4) is 0 Å².